The van der Waals surface area contributed by atoms with Gasteiger partial charge in [0.1, 0.15) is 11.3 Å². The van der Waals surface area contributed by atoms with Gasteiger partial charge in [0, 0.05) is 24.7 Å². The Morgan fingerprint density at radius 3 is 2.74 bits per heavy atom. The molecule has 0 unspecified atom stereocenters. The number of H-pyrrole nitrogens is 1. The number of fused-ring (bicyclic) bond motifs is 2. The number of hydrogen-bond acceptors (Lipinski definition) is 4. The van der Waals surface area contributed by atoms with Crippen molar-refractivity contribution in [1.29, 1.82) is 0 Å². The normalized spacial score (nSPS) is 12.1. The number of hydrogen-bond donors (Lipinski definition) is 2. The van der Waals surface area contributed by atoms with Crippen LogP contribution in [0.3, 0.4) is 0 Å². The lowest BCUT2D eigenvalue weighted by Crippen LogP contribution is -2.18. The molecular formula is C17H13F4N5O. The molecule has 10 heteroatoms. The van der Waals surface area contributed by atoms with E-state index in [9.17, 15) is 17.6 Å². The van der Waals surface area contributed by atoms with Crippen LogP contribution in [0.4, 0.5) is 23.4 Å². The van der Waals surface area contributed by atoms with Crippen molar-refractivity contribution in [2.24, 2.45) is 0 Å². The van der Waals surface area contributed by atoms with Gasteiger partial charge in [0.25, 0.3) is 0 Å². The molecule has 2 N–H and O–H groups in total. The van der Waals surface area contributed by atoms with Crippen LogP contribution in [0.25, 0.3) is 27.5 Å². The number of pyridine rings is 1. The lowest BCUT2D eigenvalue weighted by molar-refractivity contribution is -0.275. The summed E-state index contributed by atoms with van der Waals surface area (Å²) in [4.78, 5) is 0. The summed E-state index contributed by atoms with van der Waals surface area (Å²) < 4.78 is 58.3. The maximum atomic E-state index is 14.8. The van der Waals surface area contributed by atoms with Crippen LogP contribution < -0.4 is 10.1 Å². The van der Waals surface area contributed by atoms with E-state index in [2.05, 4.69) is 25.3 Å². The number of nitrogens with zero attached hydrogens (tertiary/aromatic N) is 3. The number of aromatic amines is 1. The summed E-state index contributed by atoms with van der Waals surface area (Å²) in [7, 11) is 1.73. The molecule has 4 aromatic rings. The summed E-state index contributed by atoms with van der Waals surface area (Å²) in [6, 6.07) is 5.27. The number of anilines is 1. The lowest BCUT2D eigenvalue weighted by Gasteiger charge is -2.15. The third-order valence-electron chi connectivity index (χ3n) is 4.27. The van der Waals surface area contributed by atoms with E-state index in [-0.39, 0.29) is 11.1 Å². The van der Waals surface area contributed by atoms with Gasteiger partial charge in [-0.3, -0.25) is 5.10 Å². The molecule has 1 aromatic carbocycles. The quantitative estimate of drug-likeness (QED) is 0.522. The smallest absolute Gasteiger partial charge is 0.400 e. The molecular weight excluding hydrogens is 366 g/mol. The molecule has 3 heterocycles. The van der Waals surface area contributed by atoms with Crippen LogP contribution >= 0.6 is 0 Å². The van der Waals surface area contributed by atoms with Crippen LogP contribution in [0.1, 0.15) is 5.56 Å². The summed E-state index contributed by atoms with van der Waals surface area (Å²) in [5.41, 5.74) is 1.66. The van der Waals surface area contributed by atoms with Gasteiger partial charge in [0.05, 0.1) is 11.7 Å². The summed E-state index contributed by atoms with van der Waals surface area (Å²) in [5, 5.41) is 13.7. The van der Waals surface area contributed by atoms with E-state index >= 15 is 0 Å². The maximum Gasteiger partial charge on any atom is 0.573 e. The van der Waals surface area contributed by atoms with Crippen LogP contribution in [0.5, 0.6) is 5.75 Å². The van der Waals surface area contributed by atoms with Gasteiger partial charge < -0.3 is 10.1 Å². The molecule has 0 aliphatic carbocycles. The highest BCUT2D eigenvalue weighted by Crippen LogP contribution is 2.41. The minimum atomic E-state index is -5.02. The number of benzene rings is 1. The molecule has 0 amide bonds. The first-order chi connectivity index (χ1) is 12.8. The Labute approximate surface area is 149 Å². The molecule has 4 rings (SSSR count). The van der Waals surface area contributed by atoms with Gasteiger partial charge in [-0.2, -0.15) is 10.2 Å². The number of rotatable bonds is 3. The van der Waals surface area contributed by atoms with E-state index in [0.29, 0.717) is 22.3 Å². The largest absolute Gasteiger partial charge is 0.573 e. The Morgan fingerprint density at radius 1 is 1.26 bits per heavy atom. The van der Waals surface area contributed by atoms with Crippen molar-refractivity contribution in [3.63, 3.8) is 0 Å². The molecule has 6 nitrogen and oxygen atoms in total. The van der Waals surface area contributed by atoms with Crippen molar-refractivity contribution in [1.82, 2.24) is 19.8 Å². The number of ether oxygens (including phenoxy) is 1. The predicted molar refractivity (Wildman–Crippen MR) is 91.2 cm³/mol. The average molecular weight is 379 g/mol. The highest BCUT2D eigenvalue weighted by molar-refractivity contribution is 6.00. The van der Waals surface area contributed by atoms with Crippen LogP contribution in [0, 0.1) is 12.7 Å². The third-order valence-corrected chi connectivity index (χ3v) is 4.27. The molecule has 0 radical (unpaired) electrons. The Morgan fingerprint density at radius 2 is 2.04 bits per heavy atom. The fraction of sp³-hybridized carbons (Fsp3) is 0.176. The third kappa shape index (κ3) is 2.82. The predicted octanol–water partition coefficient (Wildman–Crippen LogP) is 4.27. The van der Waals surface area contributed by atoms with Gasteiger partial charge in [-0.25, -0.2) is 8.91 Å². The second-order valence-corrected chi connectivity index (χ2v) is 5.91. The molecule has 0 bridgehead atoms. The van der Waals surface area contributed by atoms with Gasteiger partial charge in [0.2, 0.25) is 0 Å². The molecule has 3 aromatic heterocycles. The van der Waals surface area contributed by atoms with Crippen molar-refractivity contribution in [3.05, 3.63) is 42.0 Å². The second-order valence-electron chi connectivity index (χ2n) is 5.91. The Kier molecular flexibility index (Phi) is 3.72. The first-order valence-corrected chi connectivity index (χ1v) is 7.87. The minimum Gasteiger partial charge on any atom is -0.400 e. The van der Waals surface area contributed by atoms with Crippen LogP contribution in [0.15, 0.2) is 30.6 Å². The highest BCUT2D eigenvalue weighted by atomic mass is 19.4. The van der Waals surface area contributed by atoms with E-state index < -0.39 is 17.9 Å². The van der Waals surface area contributed by atoms with E-state index in [1.165, 1.54) is 13.1 Å². The molecule has 27 heavy (non-hydrogen) atoms. The van der Waals surface area contributed by atoms with E-state index in [0.717, 1.165) is 5.52 Å². The van der Waals surface area contributed by atoms with Crippen molar-refractivity contribution in [3.8, 4) is 16.9 Å². The van der Waals surface area contributed by atoms with Gasteiger partial charge in [0.15, 0.2) is 11.6 Å². The van der Waals surface area contributed by atoms with E-state index in [4.69, 9.17) is 0 Å². The zero-order valence-corrected chi connectivity index (χ0v) is 14.1. The summed E-state index contributed by atoms with van der Waals surface area (Å²) >= 11 is 0. The fourth-order valence-corrected chi connectivity index (χ4v) is 3.10. The van der Waals surface area contributed by atoms with Crippen molar-refractivity contribution in [2.45, 2.75) is 13.3 Å². The molecule has 0 aliphatic heterocycles. The topological polar surface area (TPSA) is 67.2 Å². The van der Waals surface area contributed by atoms with Gasteiger partial charge >= 0.3 is 6.36 Å². The number of halogens is 4. The summed E-state index contributed by atoms with van der Waals surface area (Å²) in [6.07, 6.45) is -1.98. The first-order valence-electron chi connectivity index (χ1n) is 7.87. The zero-order valence-electron chi connectivity index (χ0n) is 14.1. The molecule has 0 fully saturated rings. The van der Waals surface area contributed by atoms with Crippen molar-refractivity contribution >= 4 is 22.2 Å². The summed E-state index contributed by atoms with van der Waals surface area (Å²) in [5.74, 6) is -1.36. The average Bonchev–Trinajstić information content (AvgIpc) is 3.24. The molecule has 0 spiro atoms. The minimum absolute atomic E-state index is 0.0286. The lowest BCUT2D eigenvalue weighted by atomic mass is 9.96. The molecule has 140 valence electrons. The van der Waals surface area contributed by atoms with Gasteiger partial charge in [-0.05, 0) is 35.7 Å². The van der Waals surface area contributed by atoms with Crippen molar-refractivity contribution < 1.29 is 22.3 Å². The first kappa shape index (κ1) is 17.1. The number of nitrogens with one attached hydrogen (secondary N) is 2. The highest BCUT2D eigenvalue weighted by Gasteiger charge is 2.35. The van der Waals surface area contributed by atoms with Gasteiger partial charge in [-0.15, -0.1) is 13.2 Å². The number of alkyl halides is 3. The molecule has 0 saturated heterocycles. The standard InChI is InChI=1S/C17H13F4N5O/c1-8-13(9-3-4-26-10(5-9)6-12(22-2)25-26)11-7-23-24-15(11)16(14(8)18)27-17(19,20)21/h3-7H,1-2H3,(H,22,25)(H,23,24). The Hall–Kier alpha value is -3.30. The maximum absolute atomic E-state index is 14.8. The molecule has 0 saturated carbocycles. The van der Waals surface area contributed by atoms with Crippen LogP contribution in [0.2, 0.25) is 0 Å². The Balaban J connectivity index is 1.96. The van der Waals surface area contributed by atoms with E-state index in [1.807, 2.05) is 0 Å². The second kappa shape index (κ2) is 5.86. The van der Waals surface area contributed by atoms with Crippen LogP contribution in [-0.2, 0) is 0 Å². The molecule has 0 aliphatic rings. The number of aromatic nitrogens is 4. The molecule has 0 atom stereocenters. The van der Waals surface area contributed by atoms with Crippen LogP contribution in [-0.4, -0.2) is 33.2 Å². The van der Waals surface area contributed by atoms with Crippen molar-refractivity contribution in [2.75, 3.05) is 12.4 Å². The monoisotopic (exact) mass is 379 g/mol. The summed E-state index contributed by atoms with van der Waals surface area (Å²) in [6.45, 7) is 1.40. The van der Waals surface area contributed by atoms with E-state index in [1.54, 1.807) is 36.0 Å². The fourth-order valence-electron chi connectivity index (χ4n) is 3.10. The van der Waals surface area contributed by atoms with Gasteiger partial charge in [-0.1, -0.05) is 0 Å². The SMILES string of the molecule is CNc1cc2cc(-c3c(C)c(F)c(OC(F)(F)F)c4[nH]ncc34)ccn2n1. The zero-order chi connectivity index (χ0) is 19.3. The Bertz CT molecular complexity index is 1160.